The molecule has 14 heavy (non-hydrogen) atoms. The topological polar surface area (TPSA) is 35.5 Å². The van der Waals surface area contributed by atoms with Gasteiger partial charge in [0.1, 0.15) is 0 Å². The lowest BCUT2D eigenvalue weighted by Crippen LogP contribution is -2.20. The summed E-state index contributed by atoms with van der Waals surface area (Å²) in [4.78, 5) is 11.0. The van der Waals surface area contributed by atoms with Crippen molar-refractivity contribution in [3.63, 3.8) is 0 Å². The van der Waals surface area contributed by atoms with Gasteiger partial charge in [0.05, 0.1) is 7.11 Å². The summed E-state index contributed by atoms with van der Waals surface area (Å²) in [5, 5.41) is 0. The fraction of sp³-hybridized carbons (Fsp3) is 0.909. The van der Waals surface area contributed by atoms with Gasteiger partial charge < -0.3 is 9.47 Å². The van der Waals surface area contributed by atoms with Crippen LogP contribution >= 0.6 is 0 Å². The van der Waals surface area contributed by atoms with Crippen LogP contribution in [0.3, 0.4) is 0 Å². The largest absolute Gasteiger partial charge is 0.469 e. The molecule has 0 aromatic rings. The van der Waals surface area contributed by atoms with Gasteiger partial charge in [-0.2, -0.15) is 0 Å². The molecule has 0 radical (unpaired) electrons. The van der Waals surface area contributed by atoms with E-state index in [9.17, 15) is 4.79 Å². The Morgan fingerprint density at radius 3 is 2.21 bits per heavy atom. The average molecular weight is 200 g/mol. The van der Waals surface area contributed by atoms with Gasteiger partial charge in [0.15, 0.2) is 0 Å². The molecule has 3 nitrogen and oxygen atoms in total. The van der Waals surface area contributed by atoms with Crippen molar-refractivity contribution in [1.82, 2.24) is 0 Å². The standard InChI is InChI=1S/C11H20O3/c1-13-8-10-5-3-9(4-6-10)7-11(12)14-2/h9-10H,3-8H2,1-2H3. The Hall–Kier alpha value is -0.570. The molecular formula is C11H20O3. The van der Waals surface area contributed by atoms with Crippen molar-refractivity contribution in [2.24, 2.45) is 11.8 Å². The molecule has 0 atom stereocenters. The van der Waals surface area contributed by atoms with Crippen LogP contribution in [0.25, 0.3) is 0 Å². The van der Waals surface area contributed by atoms with E-state index in [0.29, 0.717) is 18.3 Å². The first-order chi connectivity index (χ1) is 6.76. The van der Waals surface area contributed by atoms with Crippen molar-refractivity contribution in [2.75, 3.05) is 20.8 Å². The predicted octanol–water partition coefficient (Wildman–Crippen LogP) is 2.00. The molecule has 0 unspecified atom stereocenters. The van der Waals surface area contributed by atoms with Crippen LogP contribution in [-0.2, 0) is 14.3 Å². The van der Waals surface area contributed by atoms with Crippen LogP contribution in [0, 0.1) is 11.8 Å². The minimum absolute atomic E-state index is 0.0693. The van der Waals surface area contributed by atoms with E-state index in [1.54, 1.807) is 7.11 Å². The van der Waals surface area contributed by atoms with Crippen LogP contribution in [0.15, 0.2) is 0 Å². The number of ether oxygens (including phenoxy) is 2. The van der Waals surface area contributed by atoms with Crippen molar-refractivity contribution >= 4 is 5.97 Å². The maximum absolute atomic E-state index is 11.0. The highest BCUT2D eigenvalue weighted by Crippen LogP contribution is 2.30. The van der Waals surface area contributed by atoms with Gasteiger partial charge in [-0.15, -0.1) is 0 Å². The van der Waals surface area contributed by atoms with E-state index in [2.05, 4.69) is 4.74 Å². The third-order valence-electron chi connectivity index (χ3n) is 3.05. The van der Waals surface area contributed by atoms with Crippen LogP contribution in [-0.4, -0.2) is 26.8 Å². The van der Waals surface area contributed by atoms with E-state index < -0.39 is 0 Å². The number of hydrogen-bond acceptors (Lipinski definition) is 3. The number of hydrogen-bond donors (Lipinski definition) is 0. The van der Waals surface area contributed by atoms with Crippen LogP contribution in [0.2, 0.25) is 0 Å². The van der Waals surface area contributed by atoms with Crippen molar-refractivity contribution < 1.29 is 14.3 Å². The minimum Gasteiger partial charge on any atom is -0.469 e. The molecule has 0 aliphatic heterocycles. The quantitative estimate of drug-likeness (QED) is 0.651. The third kappa shape index (κ3) is 3.66. The molecule has 82 valence electrons. The SMILES string of the molecule is COCC1CCC(CC(=O)OC)CC1. The molecule has 0 N–H and O–H groups in total. The van der Waals surface area contributed by atoms with Crippen LogP contribution in [0.1, 0.15) is 32.1 Å². The molecule has 0 saturated heterocycles. The summed E-state index contributed by atoms with van der Waals surface area (Å²) in [6.45, 7) is 0.866. The van der Waals surface area contributed by atoms with Crippen molar-refractivity contribution in [3.05, 3.63) is 0 Å². The molecule has 1 aliphatic carbocycles. The number of rotatable bonds is 4. The molecule has 0 heterocycles. The Morgan fingerprint density at radius 1 is 1.14 bits per heavy atom. The molecule has 0 amide bonds. The Kier molecular flexibility index (Phi) is 4.94. The van der Waals surface area contributed by atoms with Gasteiger partial charge in [-0.05, 0) is 37.5 Å². The van der Waals surface area contributed by atoms with Crippen molar-refractivity contribution in [1.29, 1.82) is 0 Å². The first kappa shape index (κ1) is 11.5. The lowest BCUT2D eigenvalue weighted by atomic mass is 9.81. The Morgan fingerprint density at radius 2 is 1.71 bits per heavy atom. The first-order valence-corrected chi connectivity index (χ1v) is 5.32. The zero-order chi connectivity index (χ0) is 10.4. The lowest BCUT2D eigenvalue weighted by molar-refractivity contribution is -0.142. The van der Waals surface area contributed by atoms with Gasteiger partial charge in [-0.1, -0.05) is 0 Å². The fourth-order valence-corrected chi connectivity index (χ4v) is 2.16. The average Bonchev–Trinajstić information content (AvgIpc) is 2.21. The molecule has 1 aliphatic rings. The predicted molar refractivity (Wildman–Crippen MR) is 54.0 cm³/mol. The maximum Gasteiger partial charge on any atom is 0.305 e. The van der Waals surface area contributed by atoms with Gasteiger partial charge in [-0.25, -0.2) is 0 Å². The second-order valence-corrected chi connectivity index (χ2v) is 4.12. The molecule has 1 saturated carbocycles. The van der Waals surface area contributed by atoms with E-state index in [0.717, 1.165) is 19.4 Å². The maximum atomic E-state index is 11.0. The highest BCUT2D eigenvalue weighted by atomic mass is 16.5. The molecule has 0 bridgehead atoms. The summed E-state index contributed by atoms with van der Waals surface area (Å²) < 4.78 is 9.79. The van der Waals surface area contributed by atoms with Crippen molar-refractivity contribution in [2.45, 2.75) is 32.1 Å². The molecule has 1 rings (SSSR count). The fourth-order valence-electron chi connectivity index (χ4n) is 2.16. The summed E-state index contributed by atoms with van der Waals surface area (Å²) in [7, 11) is 3.21. The van der Waals surface area contributed by atoms with Gasteiger partial charge in [0.25, 0.3) is 0 Å². The van der Waals surface area contributed by atoms with E-state index in [1.165, 1.54) is 20.0 Å². The Labute approximate surface area is 85.8 Å². The molecule has 0 spiro atoms. The molecule has 3 heteroatoms. The highest BCUT2D eigenvalue weighted by Gasteiger charge is 2.22. The minimum atomic E-state index is -0.0693. The summed E-state index contributed by atoms with van der Waals surface area (Å²) in [6.07, 6.45) is 5.26. The molecule has 0 aromatic heterocycles. The van der Waals surface area contributed by atoms with Crippen LogP contribution < -0.4 is 0 Å². The van der Waals surface area contributed by atoms with E-state index in [1.807, 2.05) is 0 Å². The van der Waals surface area contributed by atoms with E-state index in [4.69, 9.17) is 4.74 Å². The summed E-state index contributed by atoms with van der Waals surface area (Å²) in [5.74, 6) is 1.17. The number of methoxy groups -OCH3 is 2. The Bertz CT molecular complexity index is 171. The summed E-state index contributed by atoms with van der Waals surface area (Å²) >= 11 is 0. The monoisotopic (exact) mass is 200 g/mol. The lowest BCUT2D eigenvalue weighted by Gasteiger charge is -2.27. The number of carbonyl (C=O) groups is 1. The number of carbonyl (C=O) groups excluding carboxylic acids is 1. The van der Waals surface area contributed by atoms with Crippen LogP contribution in [0.4, 0.5) is 0 Å². The molecule has 1 fully saturated rings. The van der Waals surface area contributed by atoms with Gasteiger partial charge in [-0.3, -0.25) is 4.79 Å². The van der Waals surface area contributed by atoms with E-state index >= 15 is 0 Å². The zero-order valence-corrected chi connectivity index (χ0v) is 9.12. The van der Waals surface area contributed by atoms with E-state index in [-0.39, 0.29) is 5.97 Å². The normalized spacial score (nSPS) is 27.3. The van der Waals surface area contributed by atoms with Gasteiger partial charge >= 0.3 is 5.97 Å². The smallest absolute Gasteiger partial charge is 0.305 e. The second-order valence-electron chi connectivity index (χ2n) is 4.12. The third-order valence-corrected chi connectivity index (χ3v) is 3.05. The first-order valence-electron chi connectivity index (χ1n) is 5.32. The highest BCUT2D eigenvalue weighted by molar-refractivity contribution is 5.69. The second kappa shape index (κ2) is 6.02. The summed E-state index contributed by atoms with van der Waals surface area (Å²) in [5.41, 5.74) is 0. The number of esters is 1. The summed E-state index contributed by atoms with van der Waals surface area (Å²) in [6, 6.07) is 0. The van der Waals surface area contributed by atoms with Crippen LogP contribution in [0.5, 0.6) is 0 Å². The molecular weight excluding hydrogens is 180 g/mol. The molecule has 0 aromatic carbocycles. The van der Waals surface area contributed by atoms with Crippen molar-refractivity contribution in [3.8, 4) is 0 Å². The zero-order valence-electron chi connectivity index (χ0n) is 9.12. The Balaban J connectivity index is 2.18. The van der Waals surface area contributed by atoms with Gasteiger partial charge in [0, 0.05) is 20.1 Å². The van der Waals surface area contributed by atoms with Gasteiger partial charge in [0.2, 0.25) is 0 Å².